The third kappa shape index (κ3) is 6.63. The fourth-order valence-electron chi connectivity index (χ4n) is 4.23. The minimum atomic E-state index is -0.579. The molecule has 2 amide bonds. The van der Waals surface area contributed by atoms with Gasteiger partial charge in [0.2, 0.25) is 5.91 Å². The van der Waals surface area contributed by atoms with Crippen molar-refractivity contribution in [1.29, 1.82) is 0 Å². The van der Waals surface area contributed by atoms with Crippen LogP contribution < -0.4 is 4.90 Å². The second-order valence-electron chi connectivity index (χ2n) is 9.51. The Kier molecular flexibility index (Phi) is 8.71. The van der Waals surface area contributed by atoms with Gasteiger partial charge in [-0.2, -0.15) is 0 Å². The van der Waals surface area contributed by atoms with Crippen molar-refractivity contribution >= 4 is 29.2 Å². The standard InChI is InChI=1S/C28H31ClFN5O2/c1-20(2)13-14-35(28(37)22-8-4-6-10-24(22)30)19-27(36)34-17-15-33(16-18-34)26-12-11-25(31-32-26)21-7-3-5-9-23(21)29/h3-12,20H,13-19H2,1-2H3. The summed E-state index contributed by atoms with van der Waals surface area (Å²) in [5.74, 6) is -0.103. The monoisotopic (exact) mass is 523 g/mol. The van der Waals surface area contributed by atoms with Gasteiger partial charge in [-0.05, 0) is 42.7 Å². The number of halogens is 2. The number of rotatable bonds is 8. The summed E-state index contributed by atoms with van der Waals surface area (Å²) in [6.07, 6.45) is 0.726. The zero-order valence-corrected chi connectivity index (χ0v) is 21.9. The average molecular weight is 524 g/mol. The fourth-order valence-corrected chi connectivity index (χ4v) is 4.46. The average Bonchev–Trinajstić information content (AvgIpc) is 2.91. The van der Waals surface area contributed by atoms with Gasteiger partial charge in [0.15, 0.2) is 5.82 Å². The molecule has 3 aromatic rings. The van der Waals surface area contributed by atoms with Gasteiger partial charge in [0.05, 0.1) is 16.3 Å². The van der Waals surface area contributed by atoms with Crippen molar-refractivity contribution < 1.29 is 14.0 Å². The van der Waals surface area contributed by atoms with Crippen molar-refractivity contribution in [2.24, 2.45) is 5.92 Å². The fraction of sp³-hybridized carbons (Fsp3) is 0.357. The van der Waals surface area contributed by atoms with E-state index in [1.165, 1.54) is 17.0 Å². The molecule has 4 rings (SSSR count). The number of anilines is 1. The molecule has 0 aliphatic carbocycles. The molecule has 37 heavy (non-hydrogen) atoms. The predicted molar refractivity (Wildman–Crippen MR) is 143 cm³/mol. The molecule has 0 N–H and O–H groups in total. The van der Waals surface area contributed by atoms with Gasteiger partial charge in [0, 0.05) is 38.3 Å². The third-order valence-electron chi connectivity index (χ3n) is 6.45. The highest BCUT2D eigenvalue weighted by Gasteiger charge is 2.27. The first-order valence-electron chi connectivity index (χ1n) is 12.5. The highest BCUT2D eigenvalue weighted by atomic mass is 35.5. The molecule has 0 saturated carbocycles. The number of aromatic nitrogens is 2. The van der Waals surface area contributed by atoms with Gasteiger partial charge in [0.1, 0.15) is 12.4 Å². The van der Waals surface area contributed by atoms with E-state index in [0.29, 0.717) is 49.4 Å². The zero-order chi connectivity index (χ0) is 26.4. The molecule has 9 heteroatoms. The molecular formula is C28H31ClFN5O2. The summed E-state index contributed by atoms with van der Waals surface area (Å²) in [5, 5.41) is 9.32. The van der Waals surface area contributed by atoms with E-state index < -0.39 is 11.7 Å². The molecule has 2 aromatic carbocycles. The minimum absolute atomic E-state index is 0.0114. The number of carbonyl (C=O) groups excluding carboxylic acids is 2. The van der Waals surface area contributed by atoms with Crippen LogP contribution in [-0.2, 0) is 4.79 Å². The van der Waals surface area contributed by atoms with Crippen molar-refractivity contribution in [2.75, 3.05) is 44.2 Å². The van der Waals surface area contributed by atoms with Crippen LogP contribution in [0.3, 0.4) is 0 Å². The van der Waals surface area contributed by atoms with Gasteiger partial charge >= 0.3 is 0 Å². The van der Waals surface area contributed by atoms with Gasteiger partial charge in [0.25, 0.3) is 5.91 Å². The van der Waals surface area contributed by atoms with Crippen molar-refractivity contribution in [1.82, 2.24) is 20.0 Å². The largest absolute Gasteiger partial charge is 0.352 e. The zero-order valence-electron chi connectivity index (χ0n) is 21.1. The summed E-state index contributed by atoms with van der Waals surface area (Å²) in [7, 11) is 0. The van der Waals surface area contributed by atoms with Crippen LogP contribution in [0, 0.1) is 11.7 Å². The molecule has 0 atom stereocenters. The van der Waals surface area contributed by atoms with Crippen LogP contribution in [-0.4, -0.2) is 71.1 Å². The van der Waals surface area contributed by atoms with Gasteiger partial charge in [-0.1, -0.05) is 55.8 Å². The topological polar surface area (TPSA) is 69.6 Å². The Balaban J connectivity index is 1.37. The smallest absolute Gasteiger partial charge is 0.257 e. The summed E-state index contributed by atoms with van der Waals surface area (Å²) >= 11 is 6.27. The Bertz CT molecular complexity index is 1230. The molecular weight excluding hydrogens is 493 g/mol. The first kappa shape index (κ1) is 26.5. The summed E-state index contributed by atoms with van der Waals surface area (Å²) in [6, 6.07) is 17.2. The predicted octanol–water partition coefficient (Wildman–Crippen LogP) is 4.77. The maximum Gasteiger partial charge on any atom is 0.257 e. The summed E-state index contributed by atoms with van der Waals surface area (Å²) in [4.78, 5) is 31.5. The molecule has 1 fully saturated rings. The van der Waals surface area contributed by atoms with E-state index in [1.807, 2.05) is 36.4 Å². The number of carbonyl (C=O) groups is 2. The molecule has 1 aromatic heterocycles. The first-order chi connectivity index (χ1) is 17.8. The number of hydrogen-bond acceptors (Lipinski definition) is 5. The van der Waals surface area contributed by atoms with Crippen LogP contribution >= 0.6 is 11.6 Å². The molecule has 1 aliphatic rings. The Morgan fingerprint density at radius 2 is 1.68 bits per heavy atom. The van der Waals surface area contributed by atoms with Crippen molar-refractivity contribution in [3.63, 3.8) is 0 Å². The van der Waals surface area contributed by atoms with Crippen molar-refractivity contribution in [3.05, 3.63) is 77.1 Å². The number of hydrogen-bond donors (Lipinski definition) is 0. The lowest BCUT2D eigenvalue weighted by Crippen LogP contribution is -2.52. The van der Waals surface area contributed by atoms with E-state index >= 15 is 0 Å². The molecule has 0 bridgehead atoms. The molecule has 7 nitrogen and oxygen atoms in total. The number of nitrogens with zero attached hydrogens (tertiary/aromatic N) is 5. The lowest BCUT2D eigenvalue weighted by Gasteiger charge is -2.36. The van der Waals surface area contributed by atoms with E-state index in [1.54, 1.807) is 17.0 Å². The second kappa shape index (κ2) is 12.1. The van der Waals surface area contributed by atoms with Crippen LogP contribution in [0.25, 0.3) is 11.3 Å². The Labute approximate surface area is 221 Å². The molecule has 1 saturated heterocycles. The van der Waals surface area contributed by atoms with Crippen LogP contribution in [0.4, 0.5) is 10.2 Å². The van der Waals surface area contributed by atoms with Crippen LogP contribution in [0.2, 0.25) is 5.02 Å². The summed E-state index contributed by atoms with van der Waals surface area (Å²) < 4.78 is 14.3. The lowest BCUT2D eigenvalue weighted by molar-refractivity contribution is -0.132. The molecule has 0 spiro atoms. The maximum atomic E-state index is 14.3. The SMILES string of the molecule is CC(C)CCN(CC(=O)N1CCN(c2ccc(-c3ccccc3Cl)nn2)CC1)C(=O)c1ccccc1F. The molecule has 0 radical (unpaired) electrons. The van der Waals surface area contributed by atoms with Gasteiger partial charge < -0.3 is 14.7 Å². The van der Waals surface area contributed by atoms with E-state index in [2.05, 4.69) is 28.9 Å². The molecule has 1 aliphatic heterocycles. The van der Waals surface area contributed by atoms with E-state index in [9.17, 15) is 14.0 Å². The van der Waals surface area contributed by atoms with Crippen molar-refractivity contribution in [3.8, 4) is 11.3 Å². The second-order valence-corrected chi connectivity index (χ2v) is 9.92. The Morgan fingerprint density at radius 3 is 2.32 bits per heavy atom. The maximum absolute atomic E-state index is 14.3. The lowest BCUT2D eigenvalue weighted by atomic mass is 10.1. The highest BCUT2D eigenvalue weighted by Crippen LogP contribution is 2.26. The minimum Gasteiger partial charge on any atom is -0.352 e. The molecule has 194 valence electrons. The summed E-state index contributed by atoms with van der Waals surface area (Å²) in [6.45, 7) is 6.61. The van der Waals surface area contributed by atoms with Crippen LogP contribution in [0.15, 0.2) is 60.7 Å². The van der Waals surface area contributed by atoms with Gasteiger partial charge in [-0.3, -0.25) is 9.59 Å². The summed E-state index contributed by atoms with van der Waals surface area (Å²) in [5.41, 5.74) is 1.51. The van der Waals surface area contributed by atoms with E-state index in [-0.39, 0.29) is 18.0 Å². The number of piperazine rings is 1. The third-order valence-corrected chi connectivity index (χ3v) is 6.78. The van der Waals surface area contributed by atoms with E-state index in [4.69, 9.17) is 11.6 Å². The quantitative estimate of drug-likeness (QED) is 0.425. The first-order valence-corrected chi connectivity index (χ1v) is 12.9. The van der Waals surface area contributed by atoms with Crippen LogP contribution in [0.5, 0.6) is 0 Å². The normalized spacial score (nSPS) is 13.6. The number of benzene rings is 2. The van der Waals surface area contributed by atoms with Crippen molar-refractivity contribution in [2.45, 2.75) is 20.3 Å². The Hall–Kier alpha value is -3.52. The van der Waals surface area contributed by atoms with E-state index in [0.717, 1.165) is 17.8 Å². The van der Waals surface area contributed by atoms with Crippen LogP contribution in [0.1, 0.15) is 30.6 Å². The van der Waals surface area contributed by atoms with Gasteiger partial charge in [-0.15, -0.1) is 10.2 Å². The molecule has 0 unspecified atom stereocenters. The Morgan fingerprint density at radius 1 is 0.973 bits per heavy atom. The molecule has 2 heterocycles. The number of amides is 2. The highest BCUT2D eigenvalue weighted by molar-refractivity contribution is 6.33. The van der Waals surface area contributed by atoms with Gasteiger partial charge in [-0.25, -0.2) is 4.39 Å².